The van der Waals surface area contributed by atoms with Crippen molar-refractivity contribution in [3.8, 4) is 28.8 Å². The van der Waals surface area contributed by atoms with Gasteiger partial charge in [0, 0.05) is 29.9 Å². The van der Waals surface area contributed by atoms with Gasteiger partial charge in [-0.25, -0.2) is 14.6 Å². The third-order valence-corrected chi connectivity index (χ3v) is 5.97. The van der Waals surface area contributed by atoms with Crippen molar-refractivity contribution in [2.45, 2.75) is 32.0 Å². The highest BCUT2D eigenvalue weighted by atomic mass is 16.5. The molecule has 0 bridgehead atoms. The highest BCUT2D eigenvalue weighted by Gasteiger charge is 2.35. The largest absolute Gasteiger partial charge is 0.497 e. The lowest BCUT2D eigenvalue weighted by molar-refractivity contribution is -0.126. The van der Waals surface area contributed by atoms with Crippen molar-refractivity contribution in [1.29, 1.82) is 0 Å². The number of benzene rings is 1. The first-order valence-electron chi connectivity index (χ1n) is 11.3. The molecular weight excluding hydrogens is 462 g/mol. The van der Waals surface area contributed by atoms with Gasteiger partial charge in [-0.15, -0.1) is 0 Å². The number of carbonyl (C=O) groups is 2. The zero-order valence-corrected chi connectivity index (χ0v) is 19.9. The van der Waals surface area contributed by atoms with E-state index in [0.29, 0.717) is 47.2 Å². The molecule has 1 aliphatic heterocycles. The van der Waals surface area contributed by atoms with E-state index >= 15 is 0 Å². The molecule has 2 amide bonds. The van der Waals surface area contributed by atoms with Crippen LogP contribution >= 0.6 is 0 Å². The third-order valence-electron chi connectivity index (χ3n) is 5.97. The van der Waals surface area contributed by atoms with Crippen molar-refractivity contribution in [2.24, 2.45) is 5.73 Å². The van der Waals surface area contributed by atoms with Crippen LogP contribution in [0.5, 0.6) is 5.75 Å². The molecule has 0 radical (unpaired) electrons. The number of likely N-dealkylation sites (tertiary alicyclic amines) is 1. The first kappa shape index (κ1) is 24.6. The van der Waals surface area contributed by atoms with Gasteiger partial charge < -0.3 is 31.6 Å². The van der Waals surface area contributed by atoms with Gasteiger partial charge in [-0.3, -0.25) is 9.59 Å². The van der Waals surface area contributed by atoms with E-state index in [1.165, 1.54) is 0 Å². The number of hydrogen-bond donors (Lipinski definition) is 4. The first-order valence-corrected chi connectivity index (χ1v) is 11.3. The molecule has 2 atom stereocenters. The Balaban J connectivity index is 1.62. The van der Waals surface area contributed by atoms with Crippen LogP contribution in [0.15, 0.2) is 42.6 Å². The third kappa shape index (κ3) is 4.80. The number of aliphatic hydroxyl groups excluding tert-OH is 1. The van der Waals surface area contributed by atoms with Gasteiger partial charge in [-0.2, -0.15) is 0 Å². The van der Waals surface area contributed by atoms with Gasteiger partial charge in [0.05, 0.1) is 13.2 Å². The van der Waals surface area contributed by atoms with E-state index in [2.05, 4.69) is 27.1 Å². The summed E-state index contributed by atoms with van der Waals surface area (Å²) in [6, 6.07) is 9.73. The second-order valence-electron chi connectivity index (χ2n) is 8.18. The Morgan fingerprint density at radius 2 is 2.03 bits per heavy atom. The molecule has 11 nitrogen and oxygen atoms in total. The van der Waals surface area contributed by atoms with Gasteiger partial charge >= 0.3 is 0 Å². The molecule has 2 aromatic heterocycles. The van der Waals surface area contributed by atoms with Crippen LogP contribution in [0.2, 0.25) is 0 Å². The van der Waals surface area contributed by atoms with Gasteiger partial charge in [0.15, 0.2) is 17.7 Å². The number of imidazole rings is 1. The van der Waals surface area contributed by atoms with Crippen molar-refractivity contribution in [2.75, 3.05) is 24.8 Å². The number of ether oxygens (including phenoxy) is 1. The predicted octanol–water partition coefficient (Wildman–Crippen LogP) is 1.56. The Kier molecular flexibility index (Phi) is 7.07. The van der Waals surface area contributed by atoms with Gasteiger partial charge in [0.25, 0.3) is 11.8 Å². The quantitative estimate of drug-likeness (QED) is 0.221. The van der Waals surface area contributed by atoms with E-state index in [9.17, 15) is 14.7 Å². The van der Waals surface area contributed by atoms with Crippen molar-refractivity contribution >= 4 is 17.6 Å². The molecule has 1 aromatic carbocycles. The van der Waals surface area contributed by atoms with E-state index in [1.807, 2.05) is 0 Å². The zero-order chi connectivity index (χ0) is 25.8. The number of amides is 2. The standard InChI is InChI=1S/C25H27N7O4/c1-3-5-20(33)31-13-4-6-18(31)24-30-21(22(23(26)34)32(24)27)15-7-9-16(10-8-15)25(35)29-19-14-17(36-2)11-12-28-19/h7-12,14,18,25,35H,4,6,13,27H2,1-2H3,(H2,26,34)(H,28,29)/t18-,25?/m0/s1. The lowest BCUT2D eigenvalue weighted by Crippen LogP contribution is -2.33. The highest BCUT2D eigenvalue weighted by molar-refractivity contribution is 5.98. The molecular formula is C25H27N7O4. The summed E-state index contributed by atoms with van der Waals surface area (Å²) in [5, 5.41) is 13.5. The number of aromatic nitrogens is 3. The molecule has 0 aliphatic carbocycles. The Morgan fingerprint density at radius 1 is 1.28 bits per heavy atom. The molecule has 1 saturated heterocycles. The van der Waals surface area contributed by atoms with Crippen LogP contribution in [0.25, 0.3) is 11.3 Å². The number of pyridine rings is 1. The number of aliphatic hydroxyl groups is 1. The molecule has 1 aliphatic rings. The summed E-state index contributed by atoms with van der Waals surface area (Å²) < 4.78 is 6.33. The molecule has 3 heterocycles. The van der Waals surface area contributed by atoms with E-state index in [4.69, 9.17) is 16.3 Å². The van der Waals surface area contributed by atoms with Crippen molar-refractivity contribution < 1.29 is 19.4 Å². The predicted molar refractivity (Wildman–Crippen MR) is 133 cm³/mol. The number of hydrogen-bond acceptors (Lipinski definition) is 8. The molecule has 36 heavy (non-hydrogen) atoms. The SMILES string of the molecule is CC#CC(=O)N1CCC[C@H]1c1nc(-c2ccc(C(O)Nc3cc(OC)ccn3)cc2)c(C(N)=O)n1N. The van der Waals surface area contributed by atoms with Gasteiger partial charge in [-0.1, -0.05) is 30.2 Å². The van der Waals surface area contributed by atoms with Crippen LogP contribution in [0.4, 0.5) is 5.82 Å². The number of anilines is 1. The molecule has 1 fully saturated rings. The number of nitrogens with two attached hydrogens (primary N) is 2. The number of nitrogens with one attached hydrogen (secondary N) is 1. The average molecular weight is 490 g/mol. The molecule has 6 N–H and O–H groups in total. The summed E-state index contributed by atoms with van der Waals surface area (Å²) in [7, 11) is 1.55. The molecule has 186 valence electrons. The van der Waals surface area contributed by atoms with Crippen molar-refractivity contribution in [3.63, 3.8) is 0 Å². The van der Waals surface area contributed by atoms with Gasteiger partial charge in [-0.05, 0) is 31.8 Å². The van der Waals surface area contributed by atoms with Gasteiger partial charge in [0.1, 0.15) is 17.3 Å². The number of nitrogens with zero attached hydrogens (tertiary/aromatic N) is 4. The molecule has 4 rings (SSSR count). The summed E-state index contributed by atoms with van der Waals surface area (Å²) in [5.41, 5.74) is 7.10. The number of methoxy groups -OCH3 is 1. The van der Waals surface area contributed by atoms with Crippen molar-refractivity contribution in [3.05, 3.63) is 59.7 Å². The topological polar surface area (TPSA) is 162 Å². The number of rotatable bonds is 7. The van der Waals surface area contributed by atoms with Crippen LogP contribution in [-0.2, 0) is 4.79 Å². The number of nitrogen functional groups attached to an aromatic ring is 1. The lowest BCUT2D eigenvalue weighted by Gasteiger charge is -2.21. The summed E-state index contributed by atoms with van der Waals surface area (Å²) in [5.74, 6) is 11.8. The maximum atomic E-state index is 12.4. The minimum atomic E-state index is -1.05. The summed E-state index contributed by atoms with van der Waals surface area (Å²) in [4.78, 5) is 35.1. The van der Waals surface area contributed by atoms with Crippen LogP contribution in [0.3, 0.4) is 0 Å². The van der Waals surface area contributed by atoms with Crippen LogP contribution < -0.4 is 21.6 Å². The fourth-order valence-corrected chi connectivity index (χ4v) is 4.24. The van der Waals surface area contributed by atoms with Crippen LogP contribution in [0, 0.1) is 11.8 Å². The van der Waals surface area contributed by atoms with Gasteiger partial charge in [0.2, 0.25) is 0 Å². The van der Waals surface area contributed by atoms with Crippen LogP contribution in [0.1, 0.15) is 53.9 Å². The van der Waals surface area contributed by atoms with E-state index in [1.54, 1.807) is 61.5 Å². The summed E-state index contributed by atoms with van der Waals surface area (Å²) >= 11 is 0. The summed E-state index contributed by atoms with van der Waals surface area (Å²) in [6.45, 7) is 2.12. The molecule has 0 saturated carbocycles. The Labute approximate surface area is 208 Å². The number of carbonyl (C=O) groups excluding carboxylic acids is 2. The summed E-state index contributed by atoms with van der Waals surface area (Å²) in [6.07, 6.45) is 1.92. The van der Waals surface area contributed by atoms with E-state index in [0.717, 1.165) is 11.1 Å². The second kappa shape index (κ2) is 10.4. The van der Waals surface area contributed by atoms with E-state index in [-0.39, 0.29) is 11.6 Å². The minimum Gasteiger partial charge on any atom is -0.497 e. The van der Waals surface area contributed by atoms with Crippen molar-refractivity contribution in [1.82, 2.24) is 19.5 Å². The Morgan fingerprint density at radius 3 is 2.69 bits per heavy atom. The fourth-order valence-electron chi connectivity index (χ4n) is 4.24. The molecule has 1 unspecified atom stereocenters. The maximum Gasteiger partial charge on any atom is 0.299 e. The molecule has 11 heteroatoms. The monoisotopic (exact) mass is 489 g/mol. The van der Waals surface area contributed by atoms with Crippen LogP contribution in [-0.4, -0.2) is 50.1 Å². The smallest absolute Gasteiger partial charge is 0.299 e. The first-order chi connectivity index (χ1) is 17.3. The minimum absolute atomic E-state index is 0.0258. The van der Waals surface area contributed by atoms with E-state index < -0.39 is 18.2 Å². The lowest BCUT2D eigenvalue weighted by atomic mass is 10.1. The Bertz CT molecular complexity index is 1340. The molecule has 3 aromatic rings. The number of primary amides is 1. The fraction of sp³-hybridized carbons (Fsp3) is 0.280. The zero-order valence-electron chi connectivity index (χ0n) is 19.9. The average Bonchev–Trinajstić information content (AvgIpc) is 3.49. The second-order valence-corrected chi connectivity index (χ2v) is 8.18. The normalized spacial score (nSPS) is 15.6. The highest BCUT2D eigenvalue weighted by Crippen LogP contribution is 2.34. The molecule has 0 spiro atoms. The Hall–Kier alpha value is -4.56. The maximum absolute atomic E-state index is 12.4.